The van der Waals surface area contributed by atoms with Gasteiger partial charge >= 0.3 is 0 Å². The van der Waals surface area contributed by atoms with Gasteiger partial charge in [0.25, 0.3) is 5.91 Å². The van der Waals surface area contributed by atoms with E-state index in [1.54, 1.807) is 6.07 Å². The zero-order valence-corrected chi connectivity index (χ0v) is 10.2. The van der Waals surface area contributed by atoms with E-state index in [-0.39, 0.29) is 5.56 Å². The third-order valence-corrected chi connectivity index (χ3v) is 2.86. The Bertz CT molecular complexity index is 542. The number of nitrogens with two attached hydrogens (primary N) is 1. The van der Waals surface area contributed by atoms with Crippen molar-refractivity contribution >= 4 is 17.6 Å². The van der Waals surface area contributed by atoms with Gasteiger partial charge in [-0.1, -0.05) is 18.2 Å². The van der Waals surface area contributed by atoms with Crippen LogP contribution in [0.2, 0.25) is 0 Å². The van der Waals surface area contributed by atoms with Gasteiger partial charge in [0.2, 0.25) is 5.91 Å². The van der Waals surface area contributed by atoms with Crippen LogP contribution in [0.5, 0.6) is 0 Å². The first kappa shape index (κ1) is 13.4. The number of aliphatic imine (C=N–C) groups is 1. The lowest BCUT2D eigenvalue weighted by atomic mass is 9.95. The van der Waals surface area contributed by atoms with Crippen LogP contribution < -0.4 is 11.1 Å². The van der Waals surface area contributed by atoms with E-state index in [1.165, 1.54) is 18.2 Å². The van der Waals surface area contributed by atoms with Gasteiger partial charge < -0.3 is 11.1 Å². The van der Waals surface area contributed by atoms with Gasteiger partial charge in [-0.15, -0.1) is 0 Å². The number of hydrogen-bond acceptors (Lipinski definition) is 3. The number of rotatable bonds is 4. The normalized spacial score (nSPS) is 19.1. The summed E-state index contributed by atoms with van der Waals surface area (Å²) in [5.41, 5.74) is 5.40. The third kappa shape index (κ3) is 2.85. The van der Waals surface area contributed by atoms with Crippen LogP contribution in [-0.2, 0) is 9.59 Å². The largest absolute Gasteiger partial charge is 0.330 e. The van der Waals surface area contributed by atoms with Crippen molar-refractivity contribution in [2.75, 3.05) is 6.54 Å². The average Bonchev–Trinajstić information content (AvgIpc) is 2.38. The minimum atomic E-state index is -1.21. The second kappa shape index (κ2) is 5.71. The van der Waals surface area contributed by atoms with Crippen molar-refractivity contribution in [3.05, 3.63) is 35.6 Å². The molecule has 1 aliphatic heterocycles. The Morgan fingerprint density at radius 3 is 2.68 bits per heavy atom. The minimum absolute atomic E-state index is 0.0478. The lowest BCUT2D eigenvalue weighted by Gasteiger charge is -2.20. The maximum Gasteiger partial charge on any atom is 0.264 e. The van der Waals surface area contributed by atoms with E-state index in [0.29, 0.717) is 25.2 Å². The van der Waals surface area contributed by atoms with Crippen LogP contribution >= 0.6 is 0 Å². The Labute approximate surface area is 109 Å². The number of hydrogen-bond donors (Lipinski definition) is 2. The summed E-state index contributed by atoms with van der Waals surface area (Å²) in [7, 11) is 0. The summed E-state index contributed by atoms with van der Waals surface area (Å²) in [4.78, 5) is 27.6. The molecule has 0 bridgehead atoms. The molecule has 100 valence electrons. The van der Waals surface area contributed by atoms with E-state index in [0.717, 1.165) is 0 Å². The Morgan fingerprint density at radius 1 is 1.32 bits per heavy atom. The number of nitrogens with zero attached hydrogens (tertiary/aromatic N) is 1. The summed E-state index contributed by atoms with van der Waals surface area (Å²) in [6.07, 6.45) is 1.05. The van der Waals surface area contributed by atoms with E-state index in [9.17, 15) is 14.0 Å². The molecule has 0 fully saturated rings. The maximum atomic E-state index is 13.6. The van der Waals surface area contributed by atoms with Crippen LogP contribution in [0.3, 0.4) is 0 Å². The number of benzene rings is 1. The summed E-state index contributed by atoms with van der Waals surface area (Å²) in [5, 5.41) is 2.53. The van der Waals surface area contributed by atoms with Crippen LogP contribution in [0.1, 0.15) is 24.3 Å². The fraction of sp³-hybridized carbons (Fsp3) is 0.308. The summed E-state index contributed by atoms with van der Waals surface area (Å²) >= 11 is 0. The van der Waals surface area contributed by atoms with Crippen LogP contribution in [0.15, 0.2) is 29.3 Å². The fourth-order valence-electron chi connectivity index (χ4n) is 1.92. The molecule has 1 unspecified atom stereocenters. The molecule has 6 heteroatoms. The second-order valence-electron chi connectivity index (χ2n) is 4.23. The fourth-order valence-corrected chi connectivity index (χ4v) is 1.92. The molecule has 0 radical (unpaired) electrons. The standard InChI is InChI=1S/C13H14FN3O2/c14-9-5-2-1-4-8(9)11-12(18)16-10(6-3-7-15)17-13(11)19/h1-2,4-5,11H,3,6-7,15H2,(H,16,17,18,19). The highest BCUT2D eigenvalue weighted by Crippen LogP contribution is 2.23. The van der Waals surface area contributed by atoms with Gasteiger partial charge in [0.05, 0.1) is 0 Å². The number of carbonyl (C=O) groups is 2. The molecule has 3 N–H and O–H groups in total. The van der Waals surface area contributed by atoms with Crippen molar-refractivity contribution in [1.29, 1.82) is 0 Å². The quantitative estimate of drug-likeness (QED) is 0.784. The van der Waals surface area contributed by atoms with Gasteiger partial charge in [-0.25, -0.2) is 4.39 Å². The molecule has 0 aliphatic carbocycles. The lowest BCUT2D eigenvalue weighted by Crippen LogP contribution is -2.43. The predicted octanol–water partition coefficient (Wildman–Crippen LogP) is 0.703. The van der Waals surface area contributed by atoms with Crippen molar-refractivity contribution in [1.82, 2.24) is 5.32 Å². The Kier molecular flexibility index (Phi) is 4.01. The number of nitrogens with one attached hydrogen (secondary N) is 1. The highest BCUT2D eigenvalue weighted by atomic mass is 19.1. The summed E-state index contributed by atoms with van der Waals surface area (Å²) in [6.45, 7) is 0.444. The van der Waals surface area contributed by atoms with E-state index in [1.807, 2.05) is 0 Å². The summed E-state index contributed by atoms with van der Waals surface area (Å²) in [6, 6.07) is 5.70. The van der Waals surface area contributed by atoms with Gasteiger partial charge in [-0.2, -0.15) is 4.99 Å². The van der Waals surface area contributed by atoms with Crippen molar-refractivity contribution in [3.8, 4) is 0 Å². The molecule has 1 aliphatic rings. The zero-order chi connectivity index (χ0) is 13.8. The van der Waals surface area contributed by atoms with E-state index in [2.05, 4.69) is 10.3 Å². The molecule has 1 heterocycles. The predicted molar refractivity (Wildman–Crippen MR) is 68.0 cm³/mol. The number of amidine groups is 1. The molecular formula is C13H14FN3O2. The van der Waals surface area contributed by atoms with Crippen LogP contribution in [0, 0.1) is 5.82 Å². The first-order valence-electron chi connectivity index (χ1n) is 6.00. The molecule has 19 heavy (non-hydrogen) atoms. The minimum Gasteiger partial charge on any atom is -0.330 e. The molecule has 1 aromatic rings. The maximum absolute atomic E-state index is 13.6. The van der Waals surface area contributed by atoms with Gasteiger partial charge in [0.15, 0.2) is 0 Å². The first-order valence-corrected chi connectivity index (χ1v) is 6.00. The molecule has 2 rings (SSSR count). The molecule has 0 aromatic heterocycles. The van der Waals surface area contributed by atoms with Gasteiger partial charge in [-0.05, 0) is 19.0 Å². The van der Waals surface area contributed by atoms with Crippen molar-refractivity contribution < 1.29 is 14.0 Å². The monoisotopic (exact) mass is 263 g/mol. The number of amides is 2. The number of carbonyl (C=O) groups excluding carboxylic acids is 2. The molecule has 0 spiro atoms. The van der Waals surface area contributed by atoms with E-state index >= 15 is 0 Å². The molecule has 5 nitrogen and oxygen atoms in total. The topological polar surface area (TPSA) is 84.5 Å². The van der Waals surface area contributed by atoms with E-state index < -0.39 is 23.5 Å². The molecule has 1 aromatic carbocycles. The SMILES string of the molecule is NCCCC1=NC(=O)C(c2ccccc2F)C(=O)N1. The third-order valence-electron chi connectivity index (χ3n) is 2.86. The summed E-state index contributed by atoms with van der Waals surface area (Å²) < 4.78 is 13.6. The van der Waals surface area contributed by atoms with Gasteiger partial charge in [0, 0.05) is 12.0 Å². The van der Waals surface area contributed by atoms with Crippen molar-refractivity contribution in [2.24, 2.45) is 10.7 Å². The Balaban J connectivity index is 2.25. The van der Waals surface area contributed by atoms with Crippen LogP contribution in [-0.4, -0.2) is 24.2 Å². The Hall–Kier alpha value is -2.08. The number of halogens is 1. The highest BCUT2D eigenvalue weighted by molar-refractivity contribution is 6.19. The molecule has 1 atom stereocenters. The molecule has 0 saturated heterocycles. The first-order chi connectivity index (χ1) is 9.13. The second-order valence-corrected chi connectivity index (χ2v) is 4.23. The van der Waals surface area contributed by atoms with E-state index in [4.69, 9.17) is 5.73 Å². The van der Waals surface area contributed by atoms with Gasteiger partial charge in [-0.3, -0.25) is 9.59 Å². The molecule has 0 saturated carbocycles. The highest BCUT2D eigenvalue weighted by Gasteiger charge is 2.34. The smallest absolute Gasteiger partial charge is 0.264 e. The molecule has 2 amide bonds. The van der Waals surface area contributed by atoms with Crippen molar-refractivity contribution in [3.63, 3.8) is 0 Å². The average molecular weight is 263 g/mol. The van der Waals surface area contributed by atoms with Crippen LogP contribution in [0.25, 0.3) is 0 Å². The van der Waals surface area contributed by atoms with Crippen LogP contribution in [0.4, 0.5) is 4.39 Å². The summed E-state index contributed by atoms with van der Waals surface area (Å²) in [5.74, 6) is -2.68. The zero-order valence-electron chi connectivity index (χ0n) is 10.2. The molecular weight excluding hydrogens is 249 g/mol. The van der Waals surface area contributed by atoms with Gasteiger partial charge in [0.1, 0.15) is 17.6 Å². The van der Waals surface area contributed by atoms with Crippen molar-refractivity contribution in [2.45, 2.75) is 18.8 Å². The Morgan fingerprint density at radius 2 is 2.05 bits per heavy atom. The lowest BCUT2D eigenvalue weighted by molar-refractivity contribution is -0.130.